The second kappa shape index (κ2) is 3.13. The summed E-state index contributed by atoms with van der Waals surface area (Å²) in [6.45, 7) is 6.71. The third-order valence-electron chi connectivity index (χ3n) is 3.13. The minimum absolute atomic E-state index is 0.799. The Labute approximate surface area is 80.2 Å². The zero-order chi connectivity index (χ0) is 9.42. The maximum atomic E-state index is 4.34. The van der Waals surface area contributed by atoms with Crippen molar-refractivity contribution in [1.82, 2.24) is 4.98 Å². The Kier molecular flexibility index (Phi) is 2.10. The standard InChI is InChI=1S/C12H17N/c1-8(2)10-5-11-4-9(3)13-7-12(11)6-10/h4,7-8,10H,5-6H2,1-3H3. The van der Waals surface area contributed by atoms with Gasteiger partial charge in [-0.15, -0.1) is 0 Å². The van der Waals surface area contributed by atoms with Gasteiger partial charge in [-0.25, -0.2) is 0 Å². The topological polar surface area (TPSA) is 12.9 Å². The summed E-state index contributed by atoms with van der Waals surface area (Å²) in [5.74, 6) is 1.64. The van der Waals surface area contributed by atoms with Gasteiger partial charge in [-0.05, 0) is 48.8 Å². The van der Waals surface area contributed by atoms with Crippen LogP contribution in [0.15, 0.2) is 12.3 Å². The van der Waals surface area contributed by atoms with Crippen molar-refractivity contribution in [2.75, 3.05) is 0 Å². The van der Waals surface area contributed by atoms with E-state index in [4.69, 9.17) is 0 Å². The van der Waals surface area contributed by atoms with Crippen LogP contribution in [-0.4, -0.2) is 4.98 Å². The molecular formula is C12H17N. The van der Waals surface area contributed by atoms with E-state index >= 15 is 0 Å². The summed E-state index contributed by atoms with van der Waals surface area (Å²) in [7, 11) is 0. The molecule has 1 unspecified atom stereocenters. The molecule has 0 spiro atoms. The summed E-state index contributed by atoms with van der Waals surface area (Å²) in [6.07, 6.45) is 4.56. The molecule has 1 aliphatic rings. The first-order chi connectivity index (χ1) is 6.16. The summed E-state index contributed by atoms with van der Waals surface area (Å²) in [5, 5.41) is 0. The van der Waals surface area contributed by atoms with Gasteiger partial charge < -0.3 is 0 Å². The highest BCUT2D eigenvalue weighted by Gasteiger charge is 2.23. The fraction of sp³-hybridized carbons (Fsp3) is 0.583. The van der Waals surface area contributed by atoms with E-state index in [2.05, 4.69) is 38.0 Å². The number of aromatic nitrogens is 1. The smallest absolute Gasteiger partial charge is 0.0375 e. The van der Waals surface area contributed by atoms with Crippen LogP contribution in [0, 0.1) is 18.8 Å². The number of fused-ring (bicyclic) bond motifs is 1. The van der Waals surface area contributed by atoms with Gasteiger partial charge in [0, 0.05) is 11.9 Å². The second-order valence-corrected chi connectivity index (χ2v) is 4.51. The lowest BCUT2D eigenvalue weighted by atomic mass is 9.93. The molecule has 0 saturated heterocycles. The number of nitrogens with zero attached hydrogens (tertiary/aromatic N) is 1. The first kappa shape index (κ1) is 8.74. The number of hydrogen-bond donors (Lipinski definition) is 0. The van der Waals surface area contributed by atoms with Crippen LogP contribution in [0.3, 0.4) is 0 Å². The van der Waals surface area contributed by atoms with Gasteiger partial charge in [0.05, 0.1) is 0 Å². The van der Waals surface area contributed by atoms with Gasteiger partial charge in [0.2, 0.25) is 0 Å². The molecule has 0 fully saturated rings. The largest absolute Gasteiger partial charge is 0.261 e. The lowest BCUT2D eigenvalue weighted by molar-refractivity contribution is 0.404. The molecule has 1 aromatic rings. The molecule has 0 N–H and O–H groups in total. The molecule has 0 aliphatic heterocycles. The maximum Gasteiger partial charge on any atom is 0.0375 e. The van der Waals surface area contributed by atoms with Crippen LogP contribution < -0.4 is 0 Å². The third kappa shape index (κ3) is 1.60. The van der Waals surface area contributed by atoms with Gasteiger partial charge in [0.25, 0.3) is 0 Å². The van der Waals surface area contributed by atoms with Crippen molar-refractivity contribution in [2.24, 2.45) is 11.8 Å². The van der Waals surface area contributed by atoms with Crippen LogP contribution in [0.5, 0.6) is 0 Å². The molecule has 2 rings (SSSR count). The fourth-order valence-electron chi connectivity index (χ4n) is 2.13. The fourth-order valence-corrected chi connectivity index (χ4v) is 2.13. The average molecular weight is 175 g/mol. The molecule has 0 amide bonds. The average Bonchev–Trinajstić information content (AvgIpc) is 2.46. The van der Waals surface area contributed by atoms with Crippen molar-refractivity contribution >= 4 is 0 Å². The van der Waals surface area contributed by atoms with Crippen LogP contribution in [0.4, 0.5) is 0 Å². The zero-order valence-electron chi connectivity index (χ0n) is 8.67. The van der Waals surface area contributed by atoms with E-state index in [1.54, 1.807) is 0 Å². The molecule has 1 aliphatic carbocycles. The molecule has 1 nitrogen and oxygen atoms in total. The molecule has 0 aromatic carbocycles. The second-order valence-electron chi connectivity index (χ2n) is 4.51. The Morgan fingerprint density at radius 2 is 2.00 bits per heavy atom. The first-order valence-corrected chi connectivity index (χ1v) is 5.11. The molecule has 0 bridgehead atoms. The van der Waals surface area contributed by atoms with Gasteiger partial charge in [-0.3, -0.25) is 4.98 Å². The summed E-state index contributed by atoms with van der Waals surface area (Å²) in [6, 6.07) is 2.25. The number of rotatable bonds is 1. The normalized spacial score (nSPS) is 20.8. The molecule has 1 heterocycles. The lowest BCUT2D eigenvalue weighted by Gasteiger charge is -2.12. The number of hydrogen-bond acceptors (Lipinski definition) is 1. The summed E-state index contributed by atoms with van der Waals surface area (Å²) >= 11 is 0. The molecule has 1 aromatic heterocycles. The molecule has 70 valence electrons. The highest BCUT2D eigenvalue weighted by Crippen LogP contribution is 2.30. The predicted octanol–water partition coefficient (Wildman–Crippen LogP) is 2.76. The van der Waals surface area contributed by atoms with E-state index in [1.807, 2.05) is 0 Å². The molecule has 13 heavy (non-hydrogen) atoms. The summed E-state index contributed by atoms with van der Waals surface area (Å²) < 4.78 is 0. The maximum absolute atomic E-state index is 4.34. The molecule has 1 heteroatoms. The Hall–Kier alpha value is -0.850. The van der Waals surface area contributed by atoms with Gasteiger partial charge in [0.15, 0.2) is 0 Å². The van der Waals surface area contributed by atoms with Crippen molar-refractivity contribution in [3.8, 4) is 0 Å². The quantitative estimate of drug-likeness (QED) is 0.639. The minimum atomic E-state index is 0.799. The van der Waals surface area contributed by atoms with E-state index in [0.717, 1.165) is 17.5 Å². The van der Waals surface area contributed by atoms with E-state index < -0.39 is 0 Å². The van der Waals surface area contributed by atoms with Crippen LogP contribution in [0.2, 0.25) is 0 Å². The summed E-state index contributed by atoms with van der Waals surface area (Å²) in [5.41, 5.74) is 4.17. The Morgan fingerprint density at radius 3 is 2.69 bits per heavy atom. The summed E-state index contributed by atoms with van der Waals surface area (Å²) in [4.78, 5) is 4.34. The van der Waals surface area contributed by atoms with Crippen LogP contribution in [-0.2, 0) is 12.8 Å². The Morgan fingerprint density at radius 1 is 1.31 bits per heavy atom. The van der Waals surface area contributed by atoms with E-state index in [0.29, 0.717) is 0 Å². The van der Waals surface area contributed by atoms with E-state index in [9.17, 15) is 0 Å². The van der Waals surface area contributed by atoms with Crippen molar-refractivity contribution in [3.05, 3.63) is 29.1 Å². The number of aryl methyl sites for hydroxylation is 1. The lowest BCUT2D eigenvalue weighted by Crippen LogP contribution is -2.07. The number of pyridine rings is 1. The zero-order valence-corrected chi connectivity index (χ0v) is 8.67. The van der Waals surface area contributed by atoms with E-state index in [-0.39, 0.29) is 0 Å². The Bertz CT molecular complexity index is 315. The monoisotopic (exact) mass is 175 g/mol. The minimum Gasteiger partial charge on any atom is -0.261 e. The molecule has 0 saturated carbocycles. The highest BCUT2D eigenvalue weighted by molar-refractivity contribution is 5.31. The SMILES string of the molecule is Cc1cc2c(cn1)CC(C(C)C)C2. The molecule has 0 radical (unpaired) electrons. The predicted molar refractivity (Wildman–Crippen MR) is 54.7 cm³/mol. The van der Waals surface area contributed by atoms with E-state index in [1.165, 1.54) is 24.0 Å². The van der Waals surface area contributed by atoms with Crippen LogP contribution in [0.25, 0.3) is 0 Å². The van der Waals surface area contributed by atoms with Crippen molar-refractivity contribution in [3.63, 3.8) is 0 Å². The molecule has 1 atom stereocenters. The Balaban J connectivity index is 2.25. The third-order valence-corrected chi connectivity index (χ3v) is 3.13. The van der Waals surface area contributed by atoms with Crippen molar-refractivity contribution < 1.29 is 0 Å². The van der Waals surface area contributed by atoms with Gasteiger partial charge in [-0.2, -0.15) is 0 Å². The van der Waals surface area contributed by atoms with Gasteiger partial charge >= 0.3 is 0 Å². The first-order valence-electron chi connectivity index (χ1n) is 5.11. The van der Waals surface area contributed by atoms with Crippen molar-refractivity contribution in [1.29, 1.82) is 0 Å². The highest BCUT2D eigenvalue weighted by atomic mass is 14.7. The van der Waals surface area contributed by atoms with Gasteiger partial charge in [-0.1, -0.05) is 13.8 Å². The van der Waals surface area contributed by atoms with Crippen molar-refractivity contribution in [2.45, 2.75) is 33.6 Å². The van der Waals surface area contributed by atoms with Crippen LogP contribution in [0.1, 0.15) is 30.7 Å². The van der Waals surface area contributed by atoms with Gasteiger partial charge in [0.1, 0.15) is 0 Å². The van der Waals surface area contributed by atoms with Crippen LogP contribution >= 0.6 is 0 Å². The molecular weight excluding hydrogens is 158 g/mol.